The summed E-state index contributed by atoms with van der Waals surface area (Å²) in [5.41, 5.74) is 3.52. The van der Waals surface area contributed by atoms with E-state index in [9.17, 15) is 4.79 Å². The number of H-pyrrole nitrogens is 1. The average Bonchev–Trinajstić information content (AvgIpc) is 3.04. The van der Waals surface area contributed by atoms with Crippen molar-refractivity contribution in [2.75, 3.05) is 26.8 Å². The highest BCUT2D eigenvalue weighted by Gasteiger charge is 2.29. The molecule has 1 saturated heterocycles. The topological polar surface area (TPSA) is 80.3 Å². The summed E-state index contributed by atoms with van der Waals surface area (Å²) in [6.07, 6.45) is 7.24. The van der Waals surface area contributed by atoms with Crippen LogP contribution in [0.1, 0.15) is 57.2 Å². The summed E-state index contributed by atoms with van der Waals surface area (Å²) in [5, 5.41) is 0. The molecule has 0 unspecified atom stereocenters. The number of hydrogen-bond acceptors (Lipinski definition) is 5. The first-order chi connectivity index (χ1) is 12.9. The van der Waals surface area contributed by atoms with Crippen LogP contribution in [-0.2, 0) is 15.9 Å². The number of aromatic nitrogens is 3. The molecule has 2 aromatic heterocycles. The van der Waals surface area contributed by atoms with Crippen molar-refractivity contribution in [1.29, 1.82) is 0 Å². The number of fused-ring (bicyclic) bond motifs is 1. The number of rotatable bonds is 5. The van der Waals surface area contributed by atoms with Crippen LogP contribution in [-0.4, -0.2) is 58.4 Å². The van der Waals surface area contributed by atoms with Crippen molar-refractivity contribution in [3.8, 4) is 0 Å². The molecule has 0 aliphatic carbocycles. The second-order valence-electron chi connectivity index (χ2n) is 8.14. The zero-order chi connectivity index (χ0) is 19.4. The van der Waals surface area contributed by atoms with Crippen LogP contribution in [0.25, 0.3) is 11.2 Å². The maximum atomic E-state index is 12.3. The second-order valence-corrected chi connectivity index (χ2v) is 8.14. The van der Waals surface area contributed by atoms with Gasteiger partial charge in [0.25, 0.3) is 0 Å². The predicted molar refractivity (Wildman–Crippen MR) is 104 cm³/mol. The molecule has 27 heavy (non-hydrogen) atoms. The van der Waals surface area contributed by atoms with Gasteiger partial charge in [-0.1, -0.05) is 0 Å². The number of carbonyl (C=O) groups excluding carboxylic acids is 1. The lowest BCUT2D eigenvalue weighted by Gasteiger charge is -2.33. The monoisotopic (exact) mass is 374 g/mol. The molecule has 3 heterocycles. The summed E-state index contributed by atoms with van der Waals surface area (Å²) in [6.45, 7) is 7.81. The van der Waals surface area contributed by atoms with E-state index in [1.807, 2.05) is 33.2 Å². The van der Waals surface area contributed by atoms with Gasteiger partial charge in [-0.2, -0.15) is 0 Å². The highest BCUT2D eigenvalue weighted by atomic mass is 16.6. The van der Waals surface area contributed by atoms with E-state index in [1.165, 1.54) is 5.56 Å². The fourth-order valence-corrected chi connectivity index (χ4v) is 3.48. The first kappa shape index (κ1) is 19.6. The molecule has 1 amide bonds. The van der Waals surface area contributed by atoms with Gasteiger partial charge in [0.05, 0.1) is 11.9 Å². The lowest BCUT2D eigenvalue weighted by Crippen LogP contribution is -2.41. The largest absolute Gasteiger partial charge is 0.444 e. The molecule has 148 valence electrons. The highest BCUT2D eigenvalue weighted by molar-refractivity contribution is 5.76. The quantitative estimate of drug-likeness (QED) is 0.808. The van der Waals surface area contributed by atoms with E-state index >= 15 is 0 Å². The molecule has 0 spiro atoms. The minimum atomic E-state index is -0.459. The van der Waals surface area contributed by atoms with Gasteiger partial charge in [0.2, 0.25) is 0 Å². The van der Waals surface area contributed by atoms with Crippen molar-refractivity contribution >= 4 is 17.3 Å². The SMILES string of the molecule is COCCCc1cnc2[nH]cc(C3CCN(C(=O)OC(C)(C)C)CC3)c2n1. The molecule has 0 atom stereocenters. The summed E-state index contributed by atoms with van der Waals surface area (Å²) >= 11 is 0. The molecule has 3 rings (SSSR count). The number of likely N-dealkylation sites (tertiary alicyclic amines) is 1. The van der Waals surface area contributed by atoms with Crippen LogP contribution in [0.15, 0.2) is 12.4 Å². The standard InChI is InChI=1S/C20H30N4O3/c1-20(2,3)27-19(25)24-9-7-14(8-10-24)16-13-22-18-17(16)23-15(12-21-18)6-5-11-26-4/h12-14H,5-11H2,1-4H3,(H,21,22). The van der Waals surface area contributed by atoms with E-state index in [0.717, 1.165) is 49.1 Å². The third kappa shape index (κ3) is 4.97. The first-order valence-electron chi connectivity index (χ1n) is 9.67. The van der Waals surface area contributed by atoms with Crippen LogP contribution in [0, 0.1) is 0 Å². The first-order valence-corrected chi connectivity index (χ1v) is 9.67. The molecule has 0 radical (unpaired) electrons. The molecule has 2 aromatic rings. The van der Waals surface area contributed by atoms with Crippen LogP contribution in [0.2, 0.25) is 0 Å². The lowest BCUT2D eigenvalue weighted by molar-refractivity contribution is 0.0205. The Balaban J connectivity index is 1.66. The zero-order valence-electron chi connectivity index (χ0n) is 16.7. The van der Waals surface area contributed by atoms with Gasteiger partial charge in [0.15, 0.2) is 5.65 Å². The smallest absolute Gasteiger partial charge is 0.410 e. The molecular formula is C20H30N4O3. The molecule has 1 aliphatic heterocycles. The number of aromatic amines is 1. The van der Waals surface area contributed by atoms with Crippen LogP contribution >= 0.6 is 0 Å². The van der Waals surface area contributed by atoms with E-state index < -0.39 is 5.60 Å². The number of methoxy groups -OCH3 is 1. The predicted octanol–water partition coefficient (Wildman–Crippen LogP) is 3.65. The third-order valence-electron chi connectivity index (χ3n) is 4.83. The number of nitrogens with zero attached hydrogens (tertiary/aromatic N) is 3. The molecule has 0 aromatic carbocycles. The van der Waals surface area contributed by atoms with Crippen LogP contribution < -0.4 is 0 Å². The number of piperidine rings is 1. The van der Waals surface area contributed by atoms with Gasteiger partial charge in [-0.25, -0.2) is 14.8 Å². The number of ether oxygens (including phenoxy) is 2. The van der Waals surface area contributed by atoms with Gasteiger partial charge in [-0.15, -0.1) is 0 Å². The summed E-state index contributed by atoms with van der Waals surface area (Å²) in [6, 6.07) is 0. The van der Waals surface area contributed by atoms with E-state index in [2.05, 4.69) is 9.97 Å². The van der Waals surface area contributed by atoms with Crippen molar-refractivity contribution in [1.82, 2.24) is 19.9 Å². The van der Waals surface area contributed by atoms with Crippen molar-refractivity contribution in [3.63, 3.8) is 0 Å². The average molecular weight is 374 g/mol. The zero-order valence-corrected chi connectivity index (χ0v) is 16.7. The molecule has 7 heteroatoms. The number of aryl methyl sites for hydroxylation is 1. The van der Waals surface area contributed by atoms with Crippen molar-refractivity contribution in [2.45, 2.75) is 58.0 Å². The Bertz CT molecular complexity index is 773. The molecule has 0 bridgehead atoms. The maximum Gasteiger partial charge on any atom is 0.410 e. The minimum absolute atomic E-state index is 0.222. The van der Waals surface area contributed by atoms with Crippen LogP contribution in [0.5, 0.6) is 0 Å². The van der Waals surface area contributed by atoms with Crippen LogP contribution in [0.4, 0.5) is 4.79 Å². The molecule has 1 N–H and O–H groups in total. The van der Waals surface area contributed by atoms with E-state index in [4.69, 9.17) is 14.5 Å². The van der Waals surface area contributed by atoms with Gasteiger partial charge in [0.1, 0.15) is 11.1 Å². The number of carbonyl (C=O) groups is 1. The van der Waals surface area contributed by atoms with Gasteiger partial charge in [-0.05, 0) is 52.4 Å². The fraction of sp³-hybridized carbons (Fsp3) is 0.650. The summed E-state index contributed by atoms with van der Waals surface area (Å²) in [5.74, 6) is 0.376. The Labute approximate surface area is 160 Å². The summed E-state index contributed by atoms with van der Waals surface area (Å²) in [4.78, 5) is 26.6. The van der Waals surface area contributed by atoms with Gasteiger partial charge in [0, 0.05) is 38.6 Å². The lowest BCUT2D eigenvalue weighted by atomic mass is 9.91. The second kappa shape index (κ2) is 8.25. The third-order valence-corrected chi connectivity index (χ3v) is 4.83. The van der Waals surface area contributed by atoms with Gasteiger partial charge in [-0.3, -0.25) is 0 Å². The Kier molecular flexibility index (Phi) is 5.99. The highest BCUT2D eigenvalue weighted by Crippen LogP contribution is 2.32. The normalized spacial score (nSPS) is 16.1. The maximum absolute atomic E-state index is 12.3. The number of nitrogens with one attached hydrogen (secondary N) is 1. The molecule has 0 saturated carbocycles. The van der Waals surface area contributed by atoms with E-state index in [1.54, 1.807) is 12.0 Å². The van der Waals surface area contributed by atoms with Crippen LogP contribution in [0.3, 0.4) is 0 Å². The van der Waals surface area contributed by atoms with Crippen molar-refractivity contribution < 1.29 is 14.3 Å². The Morgan fingerprint density at radius 1 is 1.33 bits per heavy atom. The Morgan fingerprint density at radius 3 is 2.74 bits per heavy atom. The molecule has 1 fully saturated rings. The fourth-order valence-electron chi connectivity index (χ4n) is 3.48. The van der Waals surface area contributed by atoms with Crippen molar-refractivity contribution in [3.05, 3.63) is 23.7 Å². The summed E-state index contributed by atoms with van der Waals surface area (Å²) < 4.78 is 10.6. The van der Waals surface area contributed by atoms with Crippen molar-refractivity contribution in [2.24, 2.45) is 0 Å². The summed E-state index contributed by atoms with van der Waals surface area (Å²) in [7, 11) is 1.71. The van der Waals surface area contributed by atoms with Gasteiger partial charge < -0.3 is 19.4 Å². The minimum Gasteiger partial charge on any atom is -0.444 e. The van der Waals surface area contributed by atoms with E-state index in [0.29, 0.717) is 19.0 Å². The van der Waals surface area contributed by atoms with Gasteiger partial charge >= 0.3 is 6.09 Å². The molecule has 7 nitrogen and oxygen atoms in total. The van der Waals surface area contributed by atoms with E-state index in [-0.39, 0.29) is 6.09 Å². The Hall–Kier alpha value is -2.15. The molecular weight excluding hydrogens is 344 g/mol. The number of hydrogen-bond donors (Lipinski definition) is 1. The number of amides is 1. The Morgan fingerprint density at radius 2 is 2.07 bits per heavy atom. The molecule has 1 aliphatic rings.